The molecule has 1 unspecified atom stereocenters. The number of aryl methyl sites for hydroxylation is 2. The molecular formula is C18H26N2. The number of benzene rings is 1. The Morgan fingerprint density at radius 1 is 1.30 bits per heavy atom. The molecule has 3 rings (SSSR count). The van der Waals surface area contributed by atoms with Crippen LogP contribution in [0.1, 0.15) is 49.7 Å². The Morgan fingerprint density at radius 3 is 2.70 bits per heavy atom. The van der Waals surface area contributed by atoms with Crippen LogP contribution in [0.15, 0.2) is 24.4 Å². The topological polar surface area (TPSA) is 30.9 Å². The standard InChI is InChI=1S/C18H26N2/c1-3-13-8-9-18-15(10-13)17(12-20(18)2)16(11-19)14-6-4-5-7-14/h8-10,12,14,16H,3-7,11,19H2,1-2H3. The summed E-state index contributed by atoms with van der Waals surface area (Å²) in [7, 11) is 2.15. The average molecular weight is 270 g/mol. The minimum atomic E-state index is 0.535. The molecule has 0 bridgehead atoms. The molecule has 2 nitrogen and oxygen atoms in total. The van der Waals surface area contributed by atoms with Gasteiger partial charge in [0.2, 0.25) is 0 Å². The number of fused-ring (bicyclic) bond motifs is 1. The molecule has 1 aromatic carbocycles. The van der Waals surface area contributed by atoms with Gasteiger partial charge >= 0.3 is 0 Å². The van der Waals surface area contributed by atoms with E-state index in [4.69, 9.17) is 5.73 Å². The monoisotopic (exact) mass is 270 g/mol. The van der Waals surface area contributed by atoms with E-state index in [-0.39, 0.29) is 0 Å². The van der Waals surface area contributed by atoms with Gasteiger partial charge in [-0.2, -0.15) is 0 Å². The predicted molar refractivity (Wildman–Crippen MR) is 86.1 cm³/mol. The summed E-state index contributed by atoms with van der Waals surface area (Å²) in [6.07, 6.45) is 8.89. The van der Waals surface area contributed by atoms with Crippen LogP contribution in [0.25, 0.3) is 10.9 Å². The smallest absolute Gasteiger partial charge is 0.0480 e. The fourth-order valence-corrected chi connectivity index (χ4v) is 3.92. The molecule has 1 aliphatic rings. The number of aromatic nitrogens is 1. The van der Waals surface area contributed by atoms with E-state index in [2.05, 4.69) is 42.9 Å². The number of hydrogen-bond donors (Lipinski definition) is 1. The van der Waals surface area contributed by atoms with Crippen molar-refractivity contribution in [3.63, 3.8) is 0 Å². The van der Waals surface area contributed by atoms with Crippen molar-refractivity contribution in [2.24, 2.45) is 18.7 Å². The lowest BCUT2D eigenvalue weighted by molar-refractivity contribution is 0.442. The van der Waals surface area contributed by atoms with E-state index in [0.29, 0.717) is 5.92 Å². The molecule has 0 saturated heterocycles. The van der Waals surface area contributed by atoms with Gasteiger partial charge in [-0.15, -0.1) is 0 Å². The van der Waals surface area contributed by atoms with Crippen LogP contribution in [0.3, 0.4) is 0 Å². The summed E-state index contributed by atoms with van der Waals surface area (Å²) in [4.78, 5) is 0. The highest BCUT2D eigenvalue weighted by Crippen LogP contribution is 2.39. The zero-order valence-electron chi connectivity index (χ0n) is 12.7. The largest absolute Gasteiger partial charge is 0.350 e. The first-order valence-electron chi connectivity index (χ1n) is 8.02. The summed E-state index contributed by atoms with van der Waals surface area (Å²) in [6.45, 7) is 3.00. The summed E-state index contributed by atoms with van der Waals surface area (Å²) >= 11 is 0. The first-order chi connectivity index (χ1) is 9.74. The number of nitrogens with zero attached hydrogens (tertiary/aromatic N) is 1. The predicted octanol–water partition coefficient (Wildman–Crippen LogP) is 3.97. The van der Waals surface area contributed by atoms with Crippen LogP contribution in [0, 0.1) is 5.92 Å². The summed E-state index contributed by atoms with van der Waals surface area (Å²) < 4.78 is 2.27. The van der Waals surface area contributed by atoms with Crippen molar-refractivity contribution in [3.8, 4) is 0 Å². The molecule has 0 spiro atoms. The van der Waals surface area contributed by atoms with Crippen molar-refractivity contribution in [1.82, 2.24) is 4.57 Å². The van der Waals surface area contributed by atoms with E-state index in [0.717, 1.165) is 18.9 Å². The summed E-state index contributed by atoms with van der Waals surface area (Å²) in [5.74, 6) is 1.32. The Bertz CT molecular complexity index is 591. The van der Waals surface area contributed by atoms with Crippen LogP contribution in [-0.4, -0.2) is 11.1 Å². The van der Waals surface area contributed by atoms with Crippen molar-refractivity contribution in [3.05, 3.63) is 35.5 Å². The summed E-state index contributed by atoms with van der Waals surface area (Å²) in [6, 6.07) is 6.89. The molecule has 20 heavy (non-hydrogen) atoms. The molecule has 108 valence electrons. The first-order valence-corrected chi connectivity index (χ1v) is 8.02. The second-order valence-electron chi connectivity index (χ2n) is 6.29. The number of rotatable bonds is 4. The van der Waals surface area contributed by atoms with Crippen molar-refractivity contribution in [2.45, 2.75) is 44.9 Å². The second kappa shape index (κ2) is 5.61. The van der Waals surface area contributed by atoms with Gasteiger partial charge in [-0.05, 0) is 55.0 Å². The lowest BCUT2D eigenvalue weighted by Crippen LogP contribution is -2.19. The molecule has 0 amide bonds. The molecular weight excluding hydrogens is 244 g/mol. The van der Waals surface area contributed by atoms with Crippen molar-refractivity contribution < 1.29 is 0 Å². The van der Waals surface area contributed by atoms with Gasteiger partial charge in [0.05, 0.1) is 0 Å². The van der Waals surface area contributed by atoms with Crippen LogP contribution in [0.4, 0.5) is 0 Å². The van der Waals surface area contributed by atoms with Crippen LogP contribution in [0.2, 0.25) is 0 Å². The molecule has 2 heteroatoms. The highest BCUT2D eigenvalue weighted by molar-refractivity contribution is 5.85. The van der Waals surface area contributed by atoms with Crippen molar-refractivity contribution >= 4 is 10.9 Å². The highest BCUT2D eigenvalue weighted by atomic mass is 14.9. The molecule has 2 N–H and O–H groups in total. The SMILES string of the molecule is CCc1ccc2c(c1)c(C(CN)C1CCCC1)cn2C. The molecule has 1 heterocycles. The third-order valence-electron chi connectivity index (χ3n) is 5.12. The van der Waals surface area contributed by atoms with Gasteiger partial charge in [0.25, 0.3) is 0 Å². The van der Waals surface area contributed by atoms with E-state index in [1.54, 1.807) is 0 Å². The maximum Gasteiger partial charge on any atom is 0.0480 e. The van der Waals surface area contributed by atoms with E-state index in [9.17, 15) is 0 Å². The fraction of sp³-hybridized carbons (Fsp3) is 0.556. The Hall–Kier alpha value is -1.28. The molecule has 1 fully saturated rings. The van der Waals surface area contributed by atoms with Crippen LogP contribution in [0.5, 0.6) is 0 Å². The zero-order chi connectivity index (χ0) is 14.1. The van der Waals surface area contributed by atoms with Crippen LogP contribution < -0.4 is 5.73 Å². The van der Waals surface area contributed by atoms with E-state index < -0.39 is 0 Å². The summed E-state index contributed by atoms with van der Waals surface area (Å²) in [5, 5.41) is 1.43. The average Bonchev–Trinajstić information content (AvgIpc) is 3.09. The van der Waals surface area contributed by atoms with Crippen LogP contribution >= 0.6 is 0 Å². The maximum absolute atomic E-state index is 6.15. The molecule has 0 aliphatic heterocycles. The third-order valence-corrected chi connectivity index (χ3v) is 5.12. The molecule has 1 saturated carbocycles. The quantitative estimate of drug-likeness (QED) is 0.895. The Morgan fingerprint density at radius 2 is 2.05 bits per heavy atom. The summed E-state index contributed by atoms with van der Waals surface area (Å²) in [5.41, 5.74) is 10.4. The van der Waals surface area contributed by atoms with Gasteiger partial charge in [0, 0.05) is 30.1 Å². The van der Waals surface area contributed by atoms with Gasteiger partial charge in [0.1, 0.15) is 0 Å². The Balaban J connectivity index is 2.08. The Kier molecular flexibility index (Phi) is 3.84. The zero-order valence-corrected chi connectivity index (χ0v) is 12.7. The molecule has 0 radical (unpaired) electrons. The lowest BCUT2D eigenvalue weighted by Gasteiger charge is -2.21. The molecule has 2 aromatic rings. The molecule has 1 aromatic heterocycles. The number of hydrogen-bond acceptors (Lipinski definition) is 1. The van der Waals surface area contributed by atoms with Gasteiger partial charge in [0.15, 0.2) is 0 Å². The van der Waals surface area contributed by atoms with Crippen LogP contribution in [-0.2, 0) is 13.5 Å². The minimum absolute atomic E-state index is 0.535. The minimum Gasteiger partial charge on any atom is -0.350 e. The van der Waals surface area contributed by atoms with E-state index in [1.807, 2.05) is 0 Å². The van der Waals surface area contributed by atoms with Crippen molar-refractivity contribution in [1.29, 1.82) is 0 Å². The molecule has 1 atom stereocenters. The maximum atomic E-state index is 6.15. The van der Waals surface area contributed by atoms with Gasteiger partial charge in [-0.1, -0.05) is 25.8 Å². The first kappa shape index (κ1) is 13.7. The second-order valence-corrected chi connectivity index (χ2v) is 6.29. The highest BCUT2D eigenvalue weighted by Gasteiger charge is 2.27. The molecule has 1 aliphatic carbocycles. The fourth-order valence-electron chi connectivity index (χ4n) is 3.92. The van der Waals surface area contributed by atoms with E-state index in [1.165, 1.54) is 47.7 Å². The van der Waals surface area contributed by atoms with Gasteiger partial charge in [-0.3, -0.25) is 0 Å². The number of nitrogens with two attached hydrogens (primary N) is 1. The Labute approximate surface area is 122 Å². The lowest BCUT2D eigenvalue weighted by atomic mass is 9.84. The van der Waals surface area contributed by atoms with Gasteiger partial charge < -0.3 is 10.3 Å². The normalized spacial score (nSPS) is 17.9. The van der Waals surface area contributed by atoms with Crippen molar-refractivity contribution in [2.75, 3.05) is 6.54 Å². The third kappa shape index (κ3) is 2.26. The van der Waals surface area contributed by atoms with E-state index >= 15 is 0 Å². The van der Waals surface area contributed by atoms with Gasteiger partial charge in [-0.25, -0.2) is 0 Å².